The van der Waals surface area contributed by atoms with Crippen LogP contribution in [0.4, 0.5) is 0 Å². The standard InChI is InChI=1S/C24H26N2O/c25-17-18-5-7-19(8-6-18)20-9-10-23-21(14-20)15-24(27-23)11-3-13-26-12-2-1-4-22(26)16-24/h5-10,14,22H,1-4,11-13,15-16H2. The topological polar surface area (TPSA) is 36.3 Å². The van der Waals surface area contributed by atoms with Crippen LogP contribution in [0.15, 0.2) is 42.5 Å². The van der Waals surface area contributed by atoms with Crippen LogP contribution in [0.2, 0.25) is 0 Å². The van der Waals surface area contributed by atoms with E-state index in [1.54, 1.807) is 0 Å². The molecule has 0 aliphatic carbocycles. The Balaban J connectivity index is 1.40. The van der Waals surface area contributed by atoms with Crippen molar-refractivity contribution in [2.24, 2.45) is 0 Å². The number of nitrogens with zero attached hydrogens (tertiary/aromatic N) is 2. The molecule has 0 radical (unpaired) electrons. The summed E-state index contributed by atoms with van der Waals surface area (Å²) >= 11 is 0. The Labute approximate surface area is 161 Å². The third-order valence-electron chi connectivity index (χ3n) is 6.68. The lowest BCUT2D eigenvalue weighted by molar-refractivity contribution is 0.0496. The maximum atomic E-state index is 9.00. The fourth-order valence-electron chi connectivity index (χ4n) is 5.32. The van der Waals surface area contributed by atoms with E-state index >= 15 is 0 Å². The maximum absolute atomic E-state index is 9.00. The minimum absolute atomic E-state index is 0.00236. The summed E-state index contributed by atoms with van der Waals surface area (Å²) < 4.78 is 6.62. The number of benzene rings is 2. The molecule has 5 rings (SSSR count). The molecule has 2 aromatic rings. The van der Waals surface area contributed by atoms with Gasteiger partial charge in [-0.2, -0.15) is 5.26 Å². The molecule has 3 aliphatic heterocycles. The minimum atomic E-state index is 0.00236. The minimum Gasteiger partial charge on any atom is -0.487 e. The summed E-state index contributed by atoms with van der Waals surface area (Å²) in [5.41, 5.74) is 4.44. The number of ether oxygens (including phenoxy) is 1. The zero-order chi connectivity index (χ0) is 18.3. The average molecular weight is 358 g/mol. The first-order valence-electron chi connectivity index (χ1n) is 10.3. The van der Waals surface area contributed by atoms with Gasteiger partial charge in [0.25, 0.3) is 0 Å². The molecule has 3 nitrogen and oxygen atoms in total. The van der Waals surface area contributed by atoms with Gasteiger partial charge in [0.15, 0.2) is 0 Å². The van der Waals surface area contributed by atoms with E-state index in [4.69, 9.17) is 10.00 Å². The average Bonchev–Trinajstić information content (AvgIpc) is 2.95. The zero-order valence-corrected chi connectivity index (χ0v) is 15.8. The van der Waals surface area contributed by atoms with E-state index in [-0.39, 0.29) is 5.60 Å². The third-order valence-corrected chi connectivity index (χ3v) is 6.68. The summed E-state index contributed by atoms with van der Waals surface area (Å²) in [6.45, 7) is 2.51. The van der Waals surface area contributed by atoms with Crippen molar-refractivity contribution in [2.45, 2.75) is 56.6 Å². The summed E-state index contributed by atoms with van der Waals surface area (Å²) in [4.78, 5) is 2.72. The molecule has 3 heteroatoms. The fourth-order valence-corrected chi connectivity index (χ4v) is 5.32. The molecule has 3 heterocycles. The summed E-state index contributed by atoms with van der Waals surface area (Å²) in [7, 11) is 0. The van der Waals surface area contributed by atoms with Crippen LogP contribution in [0.3, 0.4) is 0 Å². The quantitative estimate of drug-likeness (QED) is 0.725. The first-order chi connectivity index (χ1) is 13.2. The summed E-state index contributed by atoms with van der Waals surface area (Å²) in [5.74, 6) is 1.08. The second-order valence-electron chi connectivity index (χ2n) is 8.47. The van der Waals surface area contributed by atoms with Gasteiger partial charge in [-0.3, -0.25) is 0 Å². The normalized spacial score (nSPS) is 27.3. The number of fused-ring (bicyclic) bond motifs is 2. The molecular formula is C24H26N2O. The lowest BCUT2D eigenvalue weighted by Crippen LogP contribution is -2.44. The molecule has 2 saturated heterocycles. The van der Waals surface area contributed by atoms with Crippen LogP contribution in [0, 0.1) is 11.3 Å². The van der Waals surface area contributed by atoms with Gasteiger partial charge in [0.2, 0.25) is 0 Å². The number of nitriles is 1. The Morgan fingerprint density at radius 2 is 1.81 bits per heavy atom. The van der Waals surface area contributed by atoms with Gasteiger partial charge in [-0.15, -0.1) is 0 Å². The Morgan fingerprint density at radius 3 is 2.67 bits per heavy atom. The van der Waals surface area contributed by atoms with Gasteiger partial charge in [0, 0.05) is 18.9 Å². The number of hydrogen-bond acceptors (Lipinski definition) is 3. The lowest BCUT2D eigenvalue weighted by Gasteiger charge is -2.37. The van der Waals surface area contributed by atoms with Crippen LogP contribution in [0.25, 0.3) is 11.1 Å². The fraction of sp³-hybridized carbons (Fsp3) is 0.458. The van der Waals surface area contributed by atoms with E-state index in [0.29, 0.717) is 11.6 Å². The van der Waals surface area contributed by atoms with Gasteiger partial charge in [0.05, 0.1) is 11.6 Å². The third kappa shape index (κ3) is 3.13. The van der Waals surface area contributed by atoms with Gasteiger partial charge < -0.3 is 9.64 Å². The molecule has 2 aromatic carbocycles. The molecular weight excluding hydrogens is 332 g/mol. The van der Waals surface area contributed by atoms with Gasteiger partial charge in [-0.25, -0.2) is 0 Å². The SMILES string of the molecule is N#Cc1ccc(-c2ccc3c(c2)CC2(CCCN4CCCCC4C2)O3)cc1. The molecule has 0 saturated carbocycles. The molecule has 0 bridgehead atoms. The van der Waals surface area contributed by atoms with E-state index < -0.39 is 0 Å². The van der Waals surface area contributed by atoms with Crippen LogP contribution in [0.1, 0.15) is 49.7 Å². The van der Waals surface area contributed by atoms with Gasteiger partial charge >= 0.3 is 0 Å². The summed E-state index contributed by atoms with van der Waals surface area (Å²) in [6, 6.07) is 17.4. The first kappa shape index (κ1) is 16.8. The smallest absolute Gasteiger partial charge is 0.123 e. The van der Waals surface area contributed by atoms with Crippen LogP contribution >= 0.6 is 0 Å². The van der Waals surface area contributed by atoms with E-state index in [2.05, 4.69) is 29.2 Å². The first-order valence-corrected chi connectivity index (χ1v) is 10.3. The van der Waals surface area contributed by atoms with E-state index in [1.165, 1.54) is 62.7 Å². The molecule has 2 atom stereocenters. The van der Waals surface area contributed by atoms with Crippen molar-refractivity contribution in [1.29, 1.82) is 5.26 Å². The molecule has 27 heavy (non-hydrogen) atoms. The number of piperidine rings is 1. The van der Waals surface area contributed by atoms with Crippen molar-refractivity contribution in [3.05, 3.63) is 53.6 Å². The van der Waals surface area contributed by atoms with Crippen LogP contribution in [-0.2, 0) is 6.42 Å². The molecule has 0 amide bonds. The van der Waals surface area contributed by atoms with Gasteiger partial charge in [-0.1, -0.05) is 24.6 Å². The van der Waals surface area contributed by atoms with Crippen molar-refractivity contribution in [1.82, 2.24) is 4.90 Å². The molecule has 2 fully saturated rings. The van der Waals surface area contributed by atoms with Crippen molar-refractivity contribution in [2.75, 3.05) is 13.1 Å². The highest BCUT2D eigenvalue weighted by Crippen LogP contribution is 2.44. The van der Waals surface area contributed by atoms with E-state index in [1.807, 2.05) is 24.3 Å². The summed E-state index contributed by atoms with van der Waals surface area (Å²) in [6.07, 6.45) is 8.68. The predicted octanol–water partition coefficient (Wildman–Crippen LogP) is 4.94. The highest BCUT2D eigenvalue weighted by atomic mass is 16.5. The summed E-state index contributed by atoms with van der Waals surface area (Å²) in [5, 5.41) is 9.00. The van der Waals surface area contributed by atoms with E-state index in [9.17, 15) is 0 Å². The largest absolute Gasteiger partial charge is 0.487 e. The van der Waals surface area contributed by atoms with Crippen LogP contribution in [0.5, 0.6) is 5.75 Å². The second kappa shape index (κ2) is 6.69. The Bertz CT molecular complexity index is 882. The predicted molar refractivity (Wildman–Crippen MR) is 107 cm³/mol. The Kier molecular flexibility index (Phi) is 4.17. The second-order valence-corrected chi connectivity index (χ2v) is 8.47. The number of hydrogen-bond donors (Lipinski definition) is 0. The van der Waals surface area contributed by atoms with Gasteiger partial charge in [-0.05, 0) is 79.7 Å². The highest BCUT2D eigenvalue weighted by molar-refractivity contribution is 5.67. The molecule has 0 N–H and O–H groups in total. The van der Waals surface area contributed by atoms with Crippen molar-refractivity contribution >= 4 is 0 Å². The monoisotopic (exact) mass is 358 g/mol. The molecule has 0 aromatic heterocycles. The number of rotatable bonds is 1. The Hall–Kier alpha value is -2.31. The Morgan fingerprint density at radius 1 is 1.00 bits per heavy atom. The molecule has 3 aliphatic rings. The maximum Gasteiger partial charge on any atom is 0.123 e. The zero-order valence-electron chi connectivity index (χ0n) is 15.8. The van der Waals surface area contributed by atoms with Crippen LogP contribution in [-0.4, -0.2) is 29.6 Å². The van der Waals surface area contributed by atoms with Crippen molar-refractivity contribution in [3.8, 4) is 22.9 Å². The molecule has 2 unspecified atom stereocenters. The van der Waals surface area contributed by atoms with Crippen LogP contribution < -0.4 is 4.74 Å². The van der Waals surface area contributed by atoms with E-state index in [0.717, 1.165) is 17.7 Å². The molecule has 1 spiro atoms. The highest BCUT2D eigenvalue weighted by Gasteiger charge is 2.44. The van der Waals surface area contributed by atoms with Crippen molar-refractivity contribution in [3.63, 3.8) is 0 Å². The van der Waals surface area contributed by atoms with Gasteiger partial charge in [0.1, 0.15) is 11.4 Å². The lowest BCUT2D eigenvalue weighted by atomic mass is 9.85. The molecule has 138 valence electrons. The van der Waals surface area contributed by atoms with Crippen molar-refractivity contribution < 1.29 is 4.74 Å².